The number of hydrogen-bond acceptors (Lipinski definition) is 1. The van der Waals surface area contributed by atoms with Crippen molar-refractivity contribution in [1.29, 1.82) is 0 Å². The van der Waals surface area contributed by atoms with E-state index in [2.05, 4.69) is 47.3 Å². The molecule has 6 atom stereocenters. The number of fused-ring (bicyclic) bond motifs is 5. The fraction of sp³-hybridized carbons (Fsp3) is 0.886. The summed E-state index contributed by atoms with van der Waals surface area (Å²) in [5.41, 5.74) is 3.13. The Labute approximate surface area is 227 Å². The second-order valence-electron chi connectivity index (χ2n) is 13.6. The zero-order valence-electron chi connectivity index (χ0n) is 25.4. The van der Waals surface area contributed by atoms with Gasteiger partial charge in [-0.1, -0.05) is 104 Å². The predicted octanol–water partition coefficient (Wildman–Crippen LogP) is 10.9. The highest BCUT2D eigenvalue weighted by Crippen LogP contribution is 2.66. The van der Waals surface area contributed by atoms with Crippen LogP contribution < -0.4 is 0 Å². The molecule has 4 saturated carbocycles. The second-order valence-corrected chi connectivity index (χ2v) is 13.6. The van der Waals surface area contributed by atoms with E-state index < -0.39 is 0 Å². The lowest BCUT2D eigenvalue weighted by molar-refractivity contribution is -0.0425. The van der Waals surface area contributed by atoms with Gasteiger partial charge in [-0.05, 0) is 105 Å². The molecule has 0 heterocycles. The zero-order valence-corrected chi connectivity index (χ0v) is 25.4. The smallest absolute Gasteiger partial charge is 0.0319 e. The summed E-state index contributed by atoms with van der Waals surface area (Å²) >= 11 is 0. The minimum Gasteiger partial charge on any atom is -0.400 e. The molecule has 0 aliphatic heterocycles. The van der Waals surface area contributed by atoms with Crippen LogP contribution in [0.25, 0.3) is 0 Å². The molecule has 0 amide bonds. The maximum atomic E-state index is 7.00. The van der Waals surface area contributed by atoms with E-state index in [1.54, 1.807) is 12.8 Å². The molecule has 210 valence electrons. The third-order valence-corrected chi connectivity index (χ3v) is 11.1. The molecular weight excluding hydrogens is 436 g/mol. The fourth-order valence-electron chi connectivity index (χ4n) is 8.47. The van der Waals surface area contributed by atoms with Crippen molar-refractivity contribution in [2.45, 2.75) is 150 Å². The largest absolute Gasteiger partial charge is 0.400 e. The Balaban J connectivity index is 0.000000388. The van der Waals surface area contributed by atoms with E-state index in [1.807, 2.05) is 11.6 Å². The van der Waals surface area contributed by atoms with Gasteiger partial charge in [-0.2, -0.15) is 0 Å². The van der Waals surface area contributed by atoms with Crippen molar-refractivity contribution in [3.8, 4) is 0 Å². The normalized spacial score (nSPS) is 36.1. The quantitative estimate of drug-likeness (QED) is 0.284. The average molecular weight is 501 g/mol. The molecule has 0 aromatic heterocycles. The van der Waals surface area contributed by atoms with Crippen molar-refractivity contribution in [1.82, 2.24) is 0 Å². The molecule has 4 fully saturated rings. The molecule has 0 saturated heterocycles. The third kappa shape index (κ3) is 7.74. The topological polar surface area (TPSA) is 20.2 Å². The molecule has 5 rings (SSSR count). The molecule has 6 unspecified atom stereocenters. The molecule has 5 aliphatic carbocycles. The van der Waals surface area contributed by atoms with E-state index in [4.69, 9.17) is 5.11 Å². The van der Waals surface area contributed by atoms with E-state index >= 15 is 0 Å². The number of unbranched alkanes of at least 4 members (excludes halogenated alkanes) is 1. The second kappa shape index (κ2) is 15.8. The maximum absolute atomic E-state index is 7.00. The van der Waals surface area contributed by atoms with Crippen molar-refractivity contribution in [2.75, 3.05) is 7.11 Å². The van der Waals surface area contributed by atoms with Crippen molar-refractivity contribution < 1.29 is 5.11 Å². The summed E-state index contributed by atoms with van der Waals surface area (Å²) < 4.78 is 0. The first-order chi connectivity index (χ1) is 17.4. The van der Waals surface area contributed by atoms with Gasteiger partial charge in [0, 0.05) is 7.11 Å². The lowest BCUT2D eigenvalue weighted by Gasteiger charge is -2.57. The Morgan fingerprint density at radius 3 is 2.19 bits per heavy atom. The lowest BCUT2D eigenvalue weighted by atomic mass is 9.47. The number of aliphatic hydroxyl groups excluding tert-OH is 1. The zero-order chi connectivity index (χ0) is 26.6. The van der Waals surface area contributed by atoms with Crippen LogP contribution in [0.15, 0.2) is 24.3 Å². The Hall–Kier alpha value is -0.560. The van der Waals surface area contributed by atoms with Crippen LogP contribution in [-0.4, -0.2) is 12.2 Å². The summed E-state index contributed by atoms with van der Waals surface area (Å²) in [5.74, 6) is 4.98. The predicted molar refractivity (Wildman–Crippen MR) is 160 cm³/mol. The summed E-state index contributed by atoms with van der Waals surface area (Å²) in [6, 6.07) is 0. The Morgan fingerprint density at radius 1 is 0.944 bits per heavy atom. The van der Waals surface area contributed by atoms with Gasteiger partial charge in [0.1, 0.15) is 0 Å². The fourth-order valence-corrected chi connectivity index (χ4v) is 8.47. The first-order valence-electron chi connectivity index (χ1n) is 16.1. The molecule has 1 nitrogen and oxygen atoms in total. The van der Waals surface area contributed by atoms with Crippen LogP contribution in [0.5, 0.6) is 0 Å². The van der Waals surface area contributed by atoms with Gasteiger partial charge in [-0.25, -0.2) is 0 Å². The SMILES string of the molecule is C1CCC1.C=CCC.CC(C)CCCCC1CCC2C3CC=C4CCCCC4(C)C3CCC12C.CO. The van der Waals surface area contributed by atoms with Gasteiger partial charge in [0.05, 0.1) is 0 Å². The van der Waals surface area contributed by atoms with Crippen LogP contribution in [0.4, 0.5) is 0 Å². The van der Waals surface area contributed by atoms with Gasteiger partial charge in [0.15, 0.2) is 0 Å². The average Bonchev–Trinajstić information content (AvgIpc) is 3.18. The highest BCUT2D eigenvalue weighted by atomic mass is 16.2. The van der Waals surface area contributed by atoms with Gasteiger partial charge < -0.3 is 5.11 Å². The minimum atomic E-state index is 0.581. The summed E-state index contributed by atoms with van der Waals surface area (Å²) in [6.45, 7) is 15.7. The van der Waals surface area contributed by atoms with E-state index in [-0.39, 0.29) is 0 Å². The number of hydrogen-bond donors (Lipinski definition) is 1. The molecular formula is C35H64O. The van der Waals surface area contributed by atoms with Crippen molar-refractivity contribution >= 4 is 0 Å². The standard InChI is InChI=1S/C26H44.2C4H8.CH4O/c1-19(2)9-5-6-10-21-13-15-23-22-14-12-20-11-7-8-17-25(20,3)24(22)16-18-26(21,23)4;1-2-4-3-1;1-3-4-2;1-2/h12,19,21-24H,5-11,13-18H2,1-4H3;1-4H2;3H,1,4H2,2H3;2H,1H3. The van der Waals surface area contributed by atoms with Crippen molar-refractivity contribution in [3.63, 3.8) is 0 Å². The highest BCUT2D eigenvalue weighted by Gasteiger charge is 2.57. The first-order valence-corrected chi connectivity index (χ1v) is 16.1. The third-order valence-electron chi connectivity index (χ3n) is 11.1. The Bertz CT molecular complexity index is 639. The molecule has 0 aromatic rings. The van der Waals surface area contributed by atoms with Gasteiger partial charge in [0.2, 0.25) is 0 Å². The van der Waals surface area contributed by atoms with Gasteiger partial charge in [-0.3, -0.25) is 0 Å². The van der Waals surface area contributed by atoms with E-state index in [0.29, 0.717) is 10.8 Å². The van der Waals surface area contributed by atoms with E-state index in [1.165, 1.54) is 96.3 Å². The lowest BCUT2D eigenvalue weighted by Crippen LogP contribution is -2.49. The van der Waals surface area contributed by atoms with E-state index in [9.17, 15) is 0 Å². The van der Waals surface area contributed by atoms with Gasteiger partial charge >= 0.3 is 0 Å². The van der Waals surface area contributed by atoms with Gasteiger partial charge in [-0.15, -0.1) is 6.58 Å². The molecule has 1 N–H and O–H groups in total. The molecule has 1 heteroatoms. The molecule has 5 aliphatic rings. The number of rotatable bonds is 6. The van der Waals surface area contributed by atoms with Crippen LogP contribution in [0.1, 0.15) is 150 Å². The van der Waals surface area contributed by atoms with Crippen molar-refractivity contribution in [2.24, 2.45) is 40.4 Å². The summed E-state index contributed by atoms with van der Waals surface area (Å²) in [5, 5.41) is 7.00. The Morgan fingerprint density at radius 2 is 1.61 bits per heavy atom. The molecule has 36 heavy (non-hydrogen) atoms. The first kappa shape index (κ1) is 31.7. The summed E-state index contributed by atoms with van der Waals surface area (Å²) in [7, 11) is 1.00. The number of allylic oxidation sites excluding steroid dienone is 3. The van der Waals surface area contributed by atoms with Crippen LogP contribution in [0, 0.1) is 40.4 Å². The van der Waals surface area contributed by atoms with Crippen LogP contribution in [0.2, 0.25) is 0 Å². The van der Waals surface area contributed by atoms with E-state index in [0.717, 1.165) is 43.1 Å². The molecule has 0 bridgehead atoms. The maximum Gasteiger partial charge on any atom is 0.0319 e. The van der Waals surface area contributed by atoms with Crippen LogP contribution in [0.3, 0.4) is 0 Å². The molecule has 0 aromatic carbocycles. The highest BCUT2D eigenvalue weighted by molar-refractivity contribution is 5.24. The van der Waals surface area contributed by atoms with Crippen LogP contribution >= 0.6 is 0 Å². The number of aliphatic hydroxyl groups is 1. The molecule has 0 radical (unpaired) electrons. The van der Waals surface area contributed by atoms with Crippen molar-refractivity contribution in [3.05, 3.63) is 24.3 Å². The Kier molecular flexibility index (Phi) is 13.9. The summed E-state index contributed by atoms with van der Waals surface area (Å²) in [4.78, 5) is 0. The monoisotopic (exact) mass is 500 g/mol. The van der Waals surface area contributed by atoms with Crippen LogP contribution in [-0.2, 0) is 0 Å². The molecule has 0 spiro atoms. The summed E-state index contributed by atoms with van der Waals surface area (Å²) in [6.07, 6.45) is 31.0. The minimum absolute atomic E-state index is 0.581. The van der Waals surface area contributed by atoms with Gasteiger partial charge in [0.25, 0.3) is 0 Å².